The highest BCUT2D eigenvalue weighted by Gasteiger charge is 2.33. The SMILES string of the molecule is COc1ccc(Cl)c(C[C@@H]2CCCN2C(=O)c2nc(C)sc2-c2cccc(C)c2)c1. The molecule has 4 rings (SSSR count). The number of nitrogens with zero attached hydrogens (tertiary/aromatic N) is 2. The Morgan fingerprint density at radius 1 is 1.27 bits per heavy atom. The molecule has 0 spiro atoms. The van der Waals surface area contributed by atoms with E-state index < -0.39 is 0 Å². The second-order valence-electron chi connectivity index (χ2n) is 7.74. The minimum absolute atomic E-state index is 0.0115. The largest absolute Gasteiger partial charge is 0.497 e. The Kier molecular flexibility index (Phi) is 6.11. The van der Waals surface area contributed by atoms with Crippen molar-refractivity contribution >= 4 is 28.8 Å². The van der Waals surface area contributed by atoms with Crippen molar-refractivity contribution < 1.29 is 9.53 Å². The number of carbonyl (C=O) groups is 1. The predicted molar refractivity (Wildman–Crippen MR) is 123 cm³/mol. The van der Waals surface area contributed by atoms with Crippen LogP contribution in [0.2, 0.25) is 5.02 Å². The molecule has 0 radical (unpaired) electrons. The van der Waals surface area contributed by atoms with Crippen LogP contribution in [0, 0.1) is 13.8 Å². The lowest BCUT2D eigenvalue weighted by Gasteiger charge is -2.25. The molecular formula is C24H25ClN2O2S. The van der Waals surface area contributed by atoms with Crippen LogP contribution in [0.1, 0.15) is 39.5 Å². The van der Waals surface area contributed by atoms with Gasteiger partial charge in [-0.2, -0.15) is 0 Å². The minimum Gasteiger partial charge on any atom is -0.497 e. The van der Waals surface area contributed by atoms with E-state index in [0.717, 1.165) is 46.1 Å². The first-order valence-corrected chi connectivity index (χ1v) is 11.3. The zero-order valence-electron chi connectivity index (χ0n) is 17.4. The zero-order chi connectivity index (χ0) is 21.3. The summed E-state index contributed by atoms with van der Waals surface area (Å²) in [4.78, 5) is 21.1. The molecule has 6 heteroatoms. The molecule has 2 heterocycles. The average Bonchev–Trinajstić information content (AvgIpc) is 3.35. The highest BCUT2D eigenvalue weighted by Crippen LogP contribution is 2.34. The van der Waals surface area contributed by atoms with Gasteiger partial charge in [0.05, 0.1) is 17.0 Å². The number of aromatic nitrogens is 1. The summed E-state index contributed by atoms with van der Waals surface area (Å²) in [6.45, 7) is 4.76. The number of halogens is 1. The summed E-state index contributed by atoms with van der Waals surface area (Å²) in [5.41, 5.74) is 3.79. The van der Waals surface area contributed by atoms with Crippen molar-refractivity contribution in [1.29, 1.82) is 0 Å². The van der Waals surface area contributed by atoms with Gasteiger partial charge in [-0.3, -0.25) is 4.79 Å². The number of thiazole rings is 1. The molecule has 1 aliphatic heterocycles. The van der Waals surface area contributed by atoms with Gasteiger partial charge in [0.2, 0.25) is 0 Å². The van der Waals surface area contributed by atoms with E-state index in [1.165, 1.54) is 5.56 Å². The van der Waals surface area contributed by atoms with Crippen molar-refractivity contribution in [2.24, 2.45) is 0 Å². The van der Waals surface area contributed by atoms with Crippen molar-refractivity contribution in [1.82, 2.24) is 9.88 Å². The highest BCUT2D eigenvalue weighted by molar-refractivity contribution is 7.15. The average molecular weight is 441 g/mol. The van der Waals surface area contributed by atoms with Gasteiger partial charge < -0.3 is 9.64 Å². The molecule has 0 aliphatic carbocycles. The van der Waals surface area contributed by atoms with Crippen molar-refractivity contribution in [2.45, 2.75) is 39.2 Å². The van der Waals surface area contributed by atoms with Gasteiger partial charge in [-0.25, -0.2) is 4.98 Å². The fraction of sp³-hybridized carbons (Fsp3) is 0.333. The number of hydrogen-bond donors (Lipinski definition) is 0. The lowest BCUT2D eigenvalue weighted by Crippen LogP contribution is -2.37. The number of amides is 1. The Balaban J connectivity index is 1.62. The van der Waals surface area contributed by atoms with Gasteiger partial charge in [-0.15, -0.1) is 11.3 Å². The van der Waals surface area contributed by atoms with Crippen molar-refractivity contribution in [3.05, 3.63) is 69.3 Å². The molecule has 0 unspecified atom stereocenters. The van der Waals surface area contributed by atoms with E-state index >= 15 is 0 Å². The van der Waals surface area contributed by atoms with Crippen molar-refractivity contribution in [3.8, 4) is 16.2 Å². The summed E-state index contributed by atoms with van der Waals surface area (Å²) in [5, 5.41) is 1.61. The van der Waals surface area contributed by atoms with E-state index in [0.29, 0.717) is 17.1 Å². The molecule has 156 valence electrons. The van der Waals surface area contributed by atoms with E-state index in [1.807, 2.05) is 42.2 Å². The van der Waals surface area contributed by atoms with Crippen LogP contribution in [0.3, 0.4) is 0 Å². The topological polar surface area (TPSA) is 42.4 Å². The third-order valence-corrected chi connectivity index (χ3v) is 6.95. The monoisotopic (exact) mass is 440 g/mol. The normalized spacial score (nSPS) is 16.1. The molecule has 30 heavy (non-hydrogen) atoms. The highest BCUT2D eigenvalue weighted by atomic mass is 35.5. The molecule has 1 saturated heterocycles. The molecule has 1 aromatic heterocycles. The van der Waals surface area contributed by atoms with Crippen molar-refractivity contribution in [2.75, 3.05) is 13.7 Å². The summed E-state index contributed by atoms with van der Waals surface area (Å²) in [7, 11) is 1.65. The number of aryl methyl sites for hydroxylation is 2. The van der Waals surface area contributed by atoms with E-state index in [-0.39, 0.29) is 11.9 Å². The summed E-state index contributed by atoms with van der Waals surface area (Å²) in [6, 6.07) is 14.0. The second-order valence-corrected chi connectivity index (χ2v) is 9.35. The van der Waals surface area contributed by atoms with Crippen LogP contribution in [-0.4, -0.2) is 35.5 Å². The summed E-state index contributed by atoms with van der Waals surface area (Å²) in [5.74, 6) is 0.791. The predicted octanol–water partition coefficient (Wildman–Crippen LogP) is 5.94. The molecule has 0 bridgehead atoms. The van der Waals surface area contributed by atoms with Crippen LogP contribution in [0.4, 0.5) is 0 Å². The maximum absolute atomic E-state index is 13.6. The third kappa shape index (κ3) is 4.23. The number of hydrogen-bond acceptors (Lipinski definition) is 4. The van der Waals surface area contributed by atoms with Gasteiger partial charge in [0.15, 0.2) is 0 Å². The smallest absolute Gasteiger partial charge is 0.274 e. The fourth-order valence-corrected chi connectivity index (χ4v) is 5.20. The molecule has 4 nitrogen and oxygen atoms in total. The summed E-state index contributed by atoms with van der Waals surface area (Å²) >= 11 is 8.01. The summed E-state index contributed by atoms with van der Waals surface area (Å²) < 4.78 is 5.35. The molecule has 0 N–H and O–H groups in total. The maximum atomic E-state index is 13.6. The number of ether oxygens (including phenoxy) is 1. The zero-order valence-corrected chi connectivity index (χ0v) is 19.0. The van der Waals surface area contributed by atoms with Gasteiger partial charge in [0, 0.05) is 17.6 Å². The molecule has 1 fully saturated rings. The number of benzene rings is 2. The van der Waals surface area contributed by atoms with Gasteiger partial charge in [0.25, 0.3) is 5.91 Å². The van der Waals surface area contributed by atoms with Crippen LogP contribution in [-0.2, 0) is 6.42 Å². The number of likely N-dealkylation sites (tertiary alicyclic amines) is 1. The molecular weight excluding hydrogens is 416 g/mol. The first-order chi connectivity index (χ1) is 14.5. The van der Waals surface area contributed by atoms with E-state index in [1.54, 1.807) is 18.4 Å². The van der Waals surface area contributed by atoms with E-state index in [4.69, 9.17) is 16.3 Å². The molecule has 1 aliphatic rings. The number of methoxy groups -OCH3 is 1. The Morgan fingerprint density at radius 3 is 2.87 bits per heavy atom. The van der Waals surface area contributed by atoms with Gasteiger partial charge in [0.1, 0.15) is 11.4 Å². The minimum atomic E-state index is 0.0115. The molecule has 0 saturated carbocycles. The quantitative estimate of drug-likeness (QED) is 0.493. The first-order valence-electron chi connectivity index (χ1n) is 10.1. The van der Waals surface area contributed by atoms with E-state index in [9.17, 15) is 4.79 Å². The summed E-state index contributed by atoms with van der Waals surface area (Å²) in [6.07, 6.45) is 2.66. The Labute approximate surface area is 186 Å². The Bertz CT molecular complexity index is 1080. The molecule has 2 aromatic carbocycles. The van der Waals surface area contributed by atoms with Gasteiger partial charge in [-0.05, 0) is 62.4 Å². The number of carbonyl (C=O) groups excluding carboxylic acids is 1. The van der Waals surface area contributed by atoms with Crippen molar-refractivity contribution in [3.63, 3.8) is 0 Å². The fourth-order valence-electron chi connectivity index (χ4n) is 4.09. The van der Waals surface area contributed by atoms with Crippen LogP contribution in [0.15, 0.2) is 42.5 Å². The molecule has 3 aromatic rings. The van der Waals surface area contributed by atoms with Gasteiger partial charge >= 0.3 is 0 Å². The van der Waals surface area contributed by atoms with Crippen LogP contribution >= 0.6 is 22.9 Å². The lowest BCUT2D eigenvalue weighted by molar-refractivity contribution is 0.0732. The first kappa shape index (κ1) is 20.9. The van der Waals surface area contributed by atoms with E-state index in [2.05, 4.69) is 24.0 Å². The number of rotatable bonds is 5. The Morgan fingerprint density at radius 2 is 2.10 bits per heavy atom. The molecule has 1 atom stereocenters. The second kappa shape index (κ2) is 8.78. The molecule has 1 amide bonds. The Hall–Kier alpha value is -2.37. The lowest BCUT2D eigenvalue weighted by atomic mass is 10.0. The van der Waals surface area contributed by atoms with Gasteiger partial charge in [-0.1, -0.05) is 41.4 Å². The third-order valence-electron chi connectivity index (χ3n) is 5.56. The maximum Gasteiger partial charge on any atom is 0.274 e. The standard InChI is InChI=1S/C24H25ClN2O2S/c1-15-6-4-7-17(12-15)23-22(26-16(2)30-23)24(28)27-11-5-8-19(27)13-18-14-20(29-3)9-10-21(18)25/h4,6-7,9-10,12,14,19H,5,8,11,13H2,1-3H3/t19-/m0/s1. The van der Waals surface area contributed by atoms with Crippen LogP contribution < -0.4 is 4.74 Å². The van der Waals surface area contributed by atoms with Crippen LogP contribution in [0.25, 0.3) is 10.4 Å². The van der Waals surface area contributed by atoms with Crippen LogP contribution in [0.5, 0.6) is 5.75 Å².